The van der Waals surface area contributed by atoms with E-state index >= 15 is 0 Å². The summed E-state index contributed by atoms with van der Waals surface area (Å²) in [4.78, 5) is 20.6. The van der Waals surface area contributed by atoms with Crippen LogP contribution in [0.2, 0.25) is 0 Å². The Labute approximate surface area is 69.6 Å². The number of thiol groups is 1. The first-order chi connectivity index (χ1) is 5.00. The molecule has 11 heavy (non-hydrogen) atoms. The minimum absolute atomic E-state index is 0.423. The molecule has 0 aliphatic carbocycles. The van der Waals surface area contributed by atoms with Gasteiger partial charge in [-0.3, -0.25) is 9.59 Å². The van der Waals surface area contributed by atoms with Crippen molar-refractivity contribution in [2.45, 2.75) is 18.6 Å². The minimum atomic E-state index is -1.40. The smallest absolute Gasteiger partial charge is 0.319 e. The largest absolute Gasteiger partial charge is 0.481 e. The van der Waals surface area contributed by atoms with Crippen LogP contribution in [0.15, 0.2) is 0 Å². The highest BCUT2D eigenvalue weighted by Crippen LogP contribution is 2.14. The van der Waals surface area contributed by atoms with Crippen molar-refractivity contribution in [3.05, 3.63) is 0 Å². The topological polar surface area (TPSA) is 74.6 Å². The van der Waals surface area contributed by atoms with Crippen LogP contribution in [0, 0.1) is 5.92 Å². The number of carboxylic acids is 2. The summed E-state index contributed by atoms with van der Waals surface area (Å²) in [6, 6.07) is 0. The highest BCUT2D eigenvalue weighted by Gasteiger charge is 2.31. The molecular formula is C6H10O4S. The van der Waals surface area contributed by atoms with E-state index in [1.165, 1.54) is 0 Å². The van der Waals surface area contributed by atoms with Gasteiger partial charge in [0, 0.05) is 5.25 Å². The molecule has 4 nitrogen and oxygen atoms in total. The van der Waals surface area contributed by atoms with Gasteiger partial charge in [0.1, 0.15) is 0 Å². The SMILES string of the molecule is CCC(S)C(C(=O)O)C(=O)O. The number of carboxylic acid groups (broad SMARTS) is 2. The van der Waals surface area contributed by atoms with Crippen molar-refractivity contribution < 1.29 is 19.8 Å². The molecule has 0 saturated carbocycles. The van der Waals surface area contributed by atoms with E-state index in [0.717, 1.165) is 0 Å². The fourth-order valence-corrected chi connectivity index (χ4v) is 0.926. The molecule has 0 rings (SSSR count). The molecule has 2 N–H and O–H groups in total. The molecule has 0 heterocycles. The van der Waals surface area contributed by atoms with E-state index < -0.39 is 23.1 Å². The number of carbonyl (C=O) groups is 2. The van der Waals surface area contributed by atoms with Crippen molar-refractivity contribution in [3.63, 3.8) is 0 Å². The Morgan fingerprint density at radius 2 is 1.73 bits per heavy atom. The van der Waals surface area contributed by atoms with Crippen molar-refractivity contribution in [1.82, 2.24) is 0 Å². The summed E-state index contributed by atoms with van der Waals surface area (Å²) < 4.78 is 0. The van der Waals surface area contributed by atoms with E-state index in [0.29, 0.717) is 6.42 Å². The van der Waals surface area contributed by atoms with Crippen LogP contribution >= 0.6 is 12.6 Å². The van der Waals surface area contributed by atoms with Crippen molar-refractivity contribution in [3.8, 4) is 0 Å². The zero-order chi connectivity index (χ0) is 9.02. The summed E-state index contributed by atoms with van der Waals surface area (Å²) in [6.07, 6.45) is 0.423. The Morgan fingerprint density at radius 3 is 1.82 bits per heavy atom. The van der Waals surface area contributed by atoms with Crippen LogP contribution < -0.4 is 0 Å². The van der Waals surface area contributed by atoms with Crippen molar-refractivity contribution in [2.24, 2.45) is 5.92 Å². The molecule has 0 aromatic heterocycles. The molecule has 0 aliphatic heterocycles. The van der Waals surface area contributed by atoms with E-state index in [9.17, 15) is 9.59 Å². The fraction of sp³-hybridized carbons (Fsp3) is 0.667. The third-order valence-electron chi connectivity index (χ3n) is 1.34. The lowest BCUT2D eigenvalue weighted by Crippen LogP contribution is -2.31. The van der Waals surface area contributed by atoms with Gasteiger partial charge in [-0.25, -0.2) is 0 Å². The van der Waals surface area contributed by atoms with Crippen LogP contribution in [0.4, 0.5) is 0 Å². The van der Waals surface area contributed by atoms with E-state index in [1.54, 1.807) is 6.92 Å². The average molecular weight is 178 g/mol. The molecule has 0 spiro atoms. The van der Waals surface area contributed by atoms with Gasteiger partial charge >= 0.3 is 11.9 Å². The van der Waals surface area contributed by atoms with E-state index in [-0.39, 0.29) is 0 Å². The predicted octanol–water partition coefficient (Wildman–Crippen LogP) is 0.480. The first kappa shape index (κ1) is 10.3. The quantitative estimate of drug-likeness (QED) is 0.432. The van der Waals surface area contributed by atoms with Crippen LogP contribution in [-0.2, 0) is 9.59 Å². The summed E-state index contributed by atoms with van der Waals surface area (Å²) in [7, 11) is 0. The molecule has 0 saturated heterocycles. The molecule has 0 bridgehead atoms. The lowest BCUT2D eigenvalue weighted by Gasteiger charge is -2.12. The van der Waals surface area contributed by atoms with Gasteiger partial charge in [-0.2, -0.15) is 12.6 Å². The van der Waals surface area contributed by atoms with Gasteiger partial charge in [-0.1, -0.05) is 6.92 Å². The fourth-order valence-electron chi connectivity index (χ4n) is 0.670. The van der Waals surface area contributed by atoms with Gasteiger partial charge in [0.2, 0.25) is 0 Å². The first-order valence-electron chi connectivity index (χ1n) is 3.14. The number of aliphatic carboxylic acids is 2. The van der Waals surface area contributed by atoms with Gasteiger partial charge in [0.15, 0.2) is 5.92 Å². The molecule has 1 unspecified atom stereocenters. The lowest BCUT2D eigenvalue weighted by atomic mass is 10.0. The van der Waals surface area contributed by atoms with Crippen molar-refractivity contribution in [1.29, 1.82) is 0 Å². The van der Waals surface area contributed by atoms with Gasteiger partial charge in [-0.05, 0) is 6.42 Å². The van der Waals surface area contributed by atoms with Crippen molar-refractivity contribution >= 4 is 24.6 Å². The Bertz CT molecular complexity index is 154. The Kier molecular flexibility index (Phi) is 3.95. The van der Waals surface area contributed by atoms with Gasteiger partial charge in [0.25, 0.3) is 0 Å². The highest BCUT2D eigenvalue weighted by atomic mass is 32.1. The number of hydrogen-bond acceptors (Lipinski definition) is 3. The molecule has 0 aliphatic rings. The van der Waals surface area contributed by atoms with Crippen LogP contribution in [0.5, 0.6) is 0 Å². The second-order valence-corrected chi connectivity index (χ2v) is 2.79. The molecule has 0 amide bonds. The van der Waals surface area contributed by atoms with E-state index in [2.05, 4.69) is 12.6 Å². The molecule has 0 fully saturated rings. The molecule has 5 heteroatoms. The lowest BCUT2D eigenvalue weighted by molar-refractivity contribution is -0.154. The summed E-state index contributed by atoms with van der Waals surface area (Å²) in [5.74, 6) is -4.07. The standard InChI is InChI=1S/C6H10O4S/c1-2-3(11)4(5(7)8)6(9)10/h3-4,11H,2H2,1H3,(H,7,8)(H,9,10). The third-order valence-corrected chi connectivity index (χ3v) is 2.00. The average Bonchev–Trinajstić information content (AvgIpc) is 1.85. The maximum atomic E-state index is 10.3. The normalized spacial score (nSPS) is 13.0. The zero-order valence-electron chi connectivity index (χ0n) is 6.02. The summed E-state index contributed by atoms with van der Waals surface area (Å²) >= 11 is 3.84. The summed E-state index contributed by atoms with van der Waals surface area (Å²) in [5, 5.41) is 16.2. The second-order valence-electron chi connectivity index (χ2n) is 2.13. The van der Waals surface area contributed by atoms with Crippen LogP contribution in [0.1, 0.15) is 13.3 Å². The molecular weight excluding hydrogens is 168 g/mol. The van der Waals surface area contributed by atoms with Crippen LogP contribution in [-0.4, -0.2) is 27.4 Å². The van der Waals surface area contributed by atoms with E-state index in [1.807, 2.05) is 0 Å². The monoisotopic (exact) mass is 178 g/mol. The summed E-state index contributed by atoms with van der Waals surface area (Å²) in [5.41, 5.74) is 0. The van der Waals surface area contributed by atoms with Crippen molar-refractivity contribution in [2.75, 3.05) is 0 Å². The molecule has 0 radical (unpaired) electrons. The summed E-state index contributed by atoms with van der Waals surface area (Å²) in [6.45, 7) is 1.69. The Morgan fingerprint density at radius 1 is 1.36 bits per heavy atom. The van der Waals surface area contributed by atoms with Gasteiger partial charge in [0.05, 0.1) is 0 Å². The Hall–Kier alpha value is -0.710. The maximum absolute atomic E-state index is 10.3. The highest BCUT2D eigenvalue weighted by molar-refractivity contribution is 7.81. The molecule has 1 atom stereocenters. The van der Waals surface area contributed by atoms with Crippen LogP contribution in [0.3, 0.4) is 0 Å². The number of rotatable bonds is 4. The maximum Gasteiger partial charge on any atom is 0.319 e. The van der Waals surface area contributed by atoms with E-state index in [4.69, 9.17) is 10.2 Å². The Balaban J connectivity index is 4.34. The second kappa shape index (κ2) is 4.23. The zero-order valence-corrected chi connectivity index (χ0v) is 6.91. The van der Waals surface area contributed by atoms with Crippen LogP contribution in [0.25, 0.3) is 0 Å². The molecule has 0 aromatic carbocycles. The van der Waals surface area contributed by atoms with Gasteiger partial charge in [-0.15, -0.1) is 0 Å². The number of hydrogen-bond donors (Lipinski definition) is 3. The third kappa shape index (κ3) is 2.80. The minimum Gasteiger partial charge on any atom is -0.481 e. The first-order valence-corrected chi connectivity index (χ1v) is 3.66. The predicted molar refractivity (Wildman–Crippen MR) is 41.8 cm³/mol. The van der Waals surface area contributed by atoms with Gasteiger partial charge < -0.3 is 10.2 Å². The molecule has 0 aromatic rings. The molecule has 64 valence electrons.